The number of benzene rings is 1. The van der Waals surface area contributed by atoms with Crippen molar-refractivity contribution in [1.29, 1.82) is 0 Å². The van der Waals surface area contributed by atoms with Crippen molar-refractivity contribution in [3.63, 3.8) is 0 Å². The fourth-order valence-corrected chi connectivity index (χ4v) is 4.87. The molecule has 2 fully saturated rings. The van der Waals surface area contributed by atoms with E-state index >= 15 is 0 Å². The van der Waals surface area contributed by atoms with Gasteiger partial charge in [0.05, 0.1) is 9.88 Å². The number of carbonyl (C=O) groups is 1. The predicted octanol–water partition coefficient (Wildman–Crippen LogP) is 4.72. The number of nitrogens with two attached hydrogens (primary N) is 1. The van der Waals surface area contributed by atoms with Crippen LogP contribution >= 0.6 is 35.3 Å². The molecule has 1 amide bonds. The summed E-state index contributed by atoms with van der Waals surface area (Å²) in [5.41, 5.74) is 7.46. The van der Waals surface area contributed by atoms with E-state index in [4.69, 9.17) is 22.3 Å². The largest absolute Gasteiger partial charge is 0.333 e. The second-order valence-corrected chi connectivity index (χ2v) is 8.37. The molecule has 1 aromatic carbocycles. The number of hydrogen-bond donors (Lipinski definition) is 1. The molecular weight excluding hydrogens is 389 g/mol. The summed E-state index contributed by atoms with van der Waals surface area (Å²) in [7, 11) is 0. The van der Waals surface area contributed by atoms with Crippen LogP contribution in [0.15, 0.2) is 24.3 Å². The van der Waals surface area contributed by atoms with E-state index in [9.17, 15) is 4.79 Å². The minimum atomic E-state index is 0. The van der Waals surface area contributed by atoms with Gasteiger partial charge in [-0.05, 0) is 49.8 Å². The summed E-state index contributed by atoms with van der Waals surface area (Å²) >= 11 is 7.82. The Balaban J connectivity index is 0.00000196. The molecule has 4 rings (SSSR count). The SMILES string of the molecule is Cl.NCC1CCCCN1C(=O)c1nc(C2CC2)sc1-c1cccc(Cl)c1. The van der Waals surface area contributed by atoms with Crippen molar-refractivity contribution < 1.29 is 4.79 Å². The van der Waals surface area contributed by atoms with E-state index in [-0.39, 0.29) is 24.4 Å². The van der Waals surface area contributed by atoms with E-state index in [0.29, 0.717) is 23.2 Å². The van der Waals surface area contributed by atoms with Crippen molar-refractivity contribution in [2.75, 3.05) is 13.1 Å². The lowest BCUT2D eigenvalue weighted by molar-refractivity contribution is 0.0618. The highest BCUT2D eigenvalue weighted by molar-refractivity contribution is 7.15. The van der Waals surface area contributed by atoms with Crippen LogP contribution in [0, 0.1) is 0 Å². The second-order valence-electron chi connectivity index (χ2n) is 6.90. The first-order chi connectivity index (χ1) is 12.2. The zero-order chi connectivity index (χ0) is 17.4. The number of thiazole rings is 1. The van der Waals surface area contributed by atoms with Gasteiger partial charge in [0.2, 0.25) is 0 Å². The Bertz CT molecular complexity index is 791. The fraction of sp³-hybridized carbons (Fsp3) is 0.474. The number of amides is 1. The summed E-state index contributed by atoms with van der Waals surface area (Å²) in [6, 6.07) is 7.82. The minimum Gasteiger partial charge on any atom is -0.333 e. The highest BCUT2D eigenvalue weighted by Crippen LogP contribution is 2.45. The first-order valence-electron chi connectivity index (χ1n) is 8.95. The third-order valence-corrected chi connectivity index (χ3v) is 6.52. The van der Waals surface area contributed by atoms with Crippen LogP contribution in [-0.4, -0.2) is 34.9 Å². The molecule has 1 atom stereocenters. The number of piperidine rings is 1. The van der Waals surface area contributed by atoms with Crippen LogP contribution in [0.1, 0.15) is 53.5 Å². The Morgan fingerprint density at radius 1 is 1.31 bits per heavy atom. The van der Waals surface area contributed by atoms with Gasteiger partial charge >= 0.3 is 0 Å². The highest BCUT2D eigenvalue weighted by Gasteiger charge is 2.34. The van der Waals surface area contributed by atoms with Gasteiger partial charge in [0, 0.05) is 30.1 Å². The van der Waals surface area contributed by atoms with Crippen molar-refractivity contribution >= 4 is 41.3 Å². The van der Waals surface area contributed by atoms with Crippen molar-refractivity contribution in [2.24, 2.45) is 5.73 Å². The average Bonchev–Trinajstić information content (AvgIpc) is 3.39. The lowest BCUT2D eigenvalue weighted by Crippen LogP contribution is -2.47. The molecule has 0 radical (unpaired) electrons. The van der Waals surface area contributed by atoms with Crippen LogP contribution < -0.4 is 5.73 Å². The van der Waals surface area contributed by atoms with E-state index in [1.165, 1.54) is 12.8 Å². The molecule has 1 saturated carbocycles. The van der Waals surface area contributed by atoms with E-state index < -0.39 is 0 Å². The van der Waals surface area contributed by atoms with Crippen molar-refractivity contribution in [3.05, 3.63) is 40.0 Å². The molecule has 1 unspecified atom stereocenters. The van der Waals surface area contributed by atoms with Gasteiger partial charge in [-0.15, -0.1) is 23.7 Å². The molecule has 2 heterocycles. The molecule has 1 aromatic heterocycles. The lowest BCUT2D eigenvalue weighted by Gasteiger charge is -2.34. The lowest BCUT2D eigenvalue weighted by atomic mass is 10.0. The van der Waals surface area contributed by atoms with E-state index in [0.717, 1.165) is 41.3 Å². The molecule has 0 bridgehead atoms. The molecule has 26 heavy (non-hydrogen) atoms. The third-order valence-electron chi connectivity index (χ3n) is 5.02. The zero-order valence-electron chi connectivity index (χ0n) is 14.5. The zero-order valence-corrected chi connectivity index (χ0v) is 16.9. The quantitative estimate of drug-likeness (QED) is 0.791. The van der Waals surface area contributed by atoms with Gasteiger partial charge in [-0.3, -0.25) is 4.79 Å². The standard InChI is InChI=1S/C19H22ClN3OS.ClH/c20-14-5-3-4-13(10-14)17-16(22-18(25-17)12-7-8-12)19(24)23-9-2-1-6-15(23)11-21;/h3-5,10,12,15H,1-2,6-9,11,21H2;1H. The Kier molecular flexibility index (Phi) is 6.23. The molecule has 2 aliphatic rings. The van der Waals surface area contributed by atoms with Gasteiger partial charge < -0.3 is 10.6 Å². The van der Waals surface area contributed by atoms with Crippen LogP contribution in [0.3, 0.4) is 0 Å². The van der Waals surface area contributed by atoms with E-state index in [1.54, 1.807) is 11.3 Å². The Labute approximate surface area is 169 Å². The van der Waals surface area contributed by atoms with Crippen molar-refractivity contribution in [2.45, 2.75) is 44.1 Å². The maximum absolute atomic E-state index is 13.3. The summed E-state index contributed by atoms with van der Waals surface area (Å²) < 4.78 is 0. The second kappa shape index (κ2) is 8.26. The topological polar surface area (TPSA) is 59.2 Å². The molecule has 1 aliphatic heterocycles. The molecule has 4 nitrogen and oxygen atoms in total. The van der Waals surface area contributed by atoms with Crippen LogP contribution in [0.2, 0.25) is 5.02 Å². The van der Waals surface area contributed by atoms with E-state index in [1.807, 2.05) is 29.2 Å². The maximum atomic E-state index is 13.3. The number of likely N-dealkylation sites (tertiary alicyclic amines) is 1. The number of aromatic nitrogens is 1. The van der Waals surface area contributed by atoms with Gasteiger partial charge in [-0.2, -0.15) is 0 Å². The highest BCUT2D eigenvalue weighted by atomic mass is 35.5. The molecule has 140 valence electrons. The summed E-state index contributed by atoms with van der Waals surface area (Å²) in [6.07, 6.45) is 5.50. The molecule has 7 heteroatoms. The fourth-order valence-electron chi connectivity index (χ4n) is 3.46. The summed E-state index contributed by atoms with van der Waals surface area (Å²) in [4.78, 5) is 20.9. The molecule has 1 saturated heterocycles. The number of nitrogens with zero attached hydrogens (tertiary/aromatic N) is 2. The Morgan fingerprint density at radius 3 is 2.81 bits per heavy atom. The van der Waals surface area contributed by atoms with Gasteiger partial charge in [-0.25, -0.2) is 4.98 Å². The van der Waals surface area contributed by atoms with Gasteiger partial charge in [0.25, 0.3) is 5.91 Å². The average molecular weight is 412 g/mol. The molecule has 2 aromatic rings. The van der Waals surface area contributed by atoms with Crippen molar-refractivity contribution in [1.82, 2.24) is 9.88 Å². The van der Waals surface area contributed by atoms with Gasteiger partial charge in [0.15, 0.2) is 0 Å². The maximum Gasteiger partial charge on any atom is 0.274 e. The Hall–Kier alpha value is -1.14. The predicted molar refractivity (Wildman–Crippen MR) is 110 cm³/mol. The molecular formula is C19H23Cl2N3OS. The van der Waals surface area contributed by atoms with Crippen LogP contribution in [0.4, 0.5) is 0 Å². The number of hydrogen-bond acceptors (Lipinski definition) is 4. The molecule has 0 spiro atoms. The third kappa shape index (κ3) is 3.91. The first kappa shape index (κ1) is 19.6. The van der Waals surface area contributed by atoms with E-state index in [2.05, 4.69) is 0 Å². The van der Waals surface area contributed by atoms with Crippen LogP contribution in [-0.2, 0) is 0 Å². The number of halogens is 2. The normalized spacial score (nSPS) is 19.9. The Morgan fingerprint density at radius 2 is 2.12 bits per heavy atom. The smallest absolute Gasteiger partial charge is 0.274 e. The first-order valence-corrected chi connectivity index (χ1v) is 10.1. The van der Waals surface area contributed by atoms with Crippen molar-refractivity contribution in [3.8, 4) is 10.4 Å². The van der Waals surface area contributed by atoms with Crippen LogP contribution in [0.25, 0.3) is 10.4 Å². The van der Waals surface area contributed by atoms with Crippen LogP contribution in [0.5, 0.6) is 0 Å². The number of carbonyl (C=O) groups excluding carboxylic acids is 1. The minimum absolute atomic E-state index is 0. The monoisotopic (exact) mass is 411 g/mol. The number of rotatable bonds is 4. The van der Waals surface area contributed by atoms with Gasteiger partial charge in [-0.1, -0.05) is 23.7 Å². The summed E-state index contributed by atoms with van der Waals surface area (Å²) in [6.45, 7) is 1.28. The molecule has 2 N–H and O–H groups in total. The van der Waals surface area contributed by atoms with Gasteiger partial charge in [0.1, 0.15) is 5.69 Å². The molecule has 1 aliphatic carbocycles. The summed E-state index contributed by atoms with van der Waals surface area (Å²) in [5, 5.41) is 1.76. The summed E-state index contributed by atoms with van der Waals surface area (Å²) in [5.74, 6) is 0.546.